The molecule has 0 amide bonds. The quantitative estimate of drug-likeness (QED) is 0.497. The van der Waals surface area contributed by atoms with Crippen LogP contribution in [0, 0.1) is 13.8 Å². The zero-order valence-electron chi connectivity index (χ0n) is 14.0. The molecule has 0 fully saturated rings. The zero-order valence-corrected chi connectivity index (χ0v) is 14.8. The van der Waals surface area contributed by atoms with E-state index >= 15 is 0 Å². The van der Waals surface area contributed by atoms with Crippen LogP contribution in [0.2, 0.25) is 0 Å². The van der Waals surface area contributed by atoms with E-state index in [1.807, 2.05) is 6.07 Å². The third-order valence-electron chi connectivity index (χ3n) is 4.32. The van der Waals surface area contributed by atoms with Crippen molar-refractivity contribution in [2.24, 2.45) is 0 Å². The number of aryl methyl sites for hydroxylation is 2. The largest absolute Gasteiger partial charge is 0.0840 e. The Balaban J connectivity index is 2.07. The van der Waals surface area contributed by atoms with Gasteiger partial charge in [-0.05, 0) is 36.1 Å². The first-order valence-electron chi connectivity index (χ1n) is 8.20. The minimum Gasteiger partial charge on any atom is -0.0840 e. The fraction of sp³-hybridized carbons (Fsp3) is 0.130. The molecule has 0 heterocycles. The summed E-state index contributed by atoms with van der Waals surface area (Å²) in [5.41, 5.74) is 6.10. The van der Waals surface area contributed by atoms with Crippen LogP contribution in [0.5, 0.6) is 0 Å². The SMILES string of the molecule is Cc1ccc(/C(Cl)=C/C(c2ccccc2)c2ccccc2C)cc1. The lowest BCUT2D eigenvalue weighted by Gasteiger charge is -2.17. The van der Waals surface area contributed by atoms with E-state index < -0.39 is 0 Å². The molecule has 3 aromatic carbocycles. The molecule has 1 unspecified atom stereocenters. The van der Waals surface area contributed by atoms with E-state index in [1.54, 1.807) is 0 Å². The van der Waals surface area contributed by atoms with Crippen LogP contribution in [0.1, 0.15) is 33.7 Å². The third kappa shape index (κ3) is 3.77. The summed E-state index contributed by atoms with van der Waals surface area (Å²) in [6.07, 6.45) is 2.16. The Morgan fingerprint density at radius 1 is 0.792 bits per heavy atom. The van der Waals surface area contributed by atoms with Crippen LogP contribution >= 0.6 is 11.6 Å². The molecule has 120 valence electrons. The number of benzene rings is 3. The number of rotatable bonds is 4. The van der Waals surface area contributed by atoms with Gasteiger partial charge in [-0.25, -0.2) is 0 Å². The molecular weight excluding hydrogens is 312 g/mol. The Morgan fingerprint density at radius 3 is 2.08 bits per heavy atom. The van der Waals surface area contributed by atoms with Gasteiger partial charge in [-0.3, -0.25) is 0 Å². The van der Waals surface area contributed by atoms with Crippen LogP contribution in [0.15, 0.2) is 84.9 Å². The molecule has 0 nitrogen and oxygen atoms in total. The van der Waals surface area contributed by atoms with Crippen molar-refractivity contribution >= 4 is 16.6 Å². The first-order valence-corrected chi connectivity index (χ1v) is 8.58. The summed E-state index contributed by atoms with van der Waals surface area (Å²) in [4.78, 5) is 0. The van der Waals surface area contributed by atoms with Crippen molar-refractivity contribution in [2.75, 3.05) is 0 Å². The van der Waals surface area contributed by atoms with Gasteiger partial charge < -0.3 is 0 Å². The average Bonchev–Trinajstić information content (AvgIpc) is 2.61. The van der Waals surface area contributed by atoms with Crippen LogP contribution in [0.3, 0.4) is 0 Å². The van der Waals surface area contributed by atoms with E-state index in [1.165, 1.54) is 22.3 Å². The Morgan fingerprint density at radius 2 is 1.42 bits per heavy atom. The molecule has 0 N–H and O–H groups in total. The van der Waals surface area contributed by atoms with Gasteiger partial charge in [0.05, 0.1) is 0 Å². The summed E-state index contributed by atoms with van der Waals surface area (Å²) in [5.74, 6) is 0.140. The Kier molecular flexibility index (Phi) is 5.17. The normalized spacial score (nSPS) is 12.9. The molecule has 0 aliphatic rings. The second-order valence-corrected chi connectivity index (χ2v) is 6.53. The fourth-order valence-corrected chi connectivity index (χ4v) is 3.17. The van der Waals surface area contributed by atoms with Crippen LogP contribution in [0.25, 0.3) is 5.03 Å². The summed E-state index contributed by atoms with van der Waals surface area (Å²) < 4.78 is 0. The molecule has 0 saturated heterocycles. The number of hydrogen-bond acceptors (Lipinski definition) is 0. The summed E-state index contributed by atoms with van der Waals surface area (Å²) in [7, 11) is 0. The van der Waals surface area contributed by atoms with Crippen LogP contribution in [-0.4, -0.2) is 0 Å². The lowest BCUT2D eigenvalue weighted by Crippen LogP contribution is -2.01. The van der Waals surface area contributed by atoms with Crippen molar-refractivity contribution in [3.63, 3.8) is 0 Å². The average molecular weight is 333 g/mol. The van der Waals surface area contributed by atoms with E-state index in [9.17, 15) is 0 Å². The third-order valence-corrected chi connectivity index (χ3v) is 4.67. The maximum Gasteiger partial charge on any atom is 0.0448 e. The summed E-state index contributed by atoms with van der Waals surface area (Å²) in [6.45, 7) is 4.24. The van der Waals surface area contributed by atoms with Gasteiger partial charge in [0.1, 0.15) is 0 Å². The predicted molar refractivity (Wildman–Crippen MR) is 104 cm³/mol. The standard InChI is InChI=1S/C23H21Cl/c1-17-12-14-20(15-13-17)23(24)16-22(19-9-4-3-5-10-19)21-11-7-6-8-18(21)2/h3-16,22H,1-2H3/b23-16-. The van der Waals surface area contributed by atoms with E-state index in [-0.39, 0.29) is 5.92 Å². The van der Waals surface area contributed by atoms with E-state index in [4.69, 9.17) is 11.6 Å². The summed E-state index contributed by atoms with van der Waals surface area (Å²) in [6, 6.07) is 27.4. The zero-order chi connectivity index (χ0) is 16.9. The minimum atomic E-state index is 0.140. The maximum absolute atomic E-state index is 6.67. The fourth-order valence-electron chi connectivity index (χ4n) is 2.92. The molecule has 0 aliphatic heterocycles. The molecule has 0 spiro atoms. The van der Waals surface area contributed by atoms with Gasteiger partial charge >= 0.3 is 0 Å². The van der Waals surface area contributed by atoms with Crippen molar-refractivity contribution in [1.29, 1.82) is 0 Å². The monoisotopic (exact) mass is 332 g/mol. The molecule has 0 aromatic heterocycles. The Hall–Kier alpha value is -2.31. The van der Waals surface area contributed by atoms with Gasteiger partial charge in [-0.15, -0.1) is 0 Å². The van der Waals surface area contributed by atoms with Gasteiger partial charge in [-0.1, -0.05) is 102 Å². The van der Waals surface area contributed by atoms with Crippen molar-refractivity contribution in [2.45, 2.75) is 19.8 Å². The lowest BCUT2D eigenvalue weighted by atomic mass is 9.88. The highest BCUT2D eigenvalue weighted by atomic mass is 35.5. The summed E-state index contributed by atoms with van der Waals surface area (Å²) in [5, 5.41) is 0.784. The van der Waals surface area contributed by atoms with Crippen LogP contribution < -0.4 is 0 Å². The van der Waals surface area contributed by atoms with Crippen molar-refractivity contribution in [3.8, 4) is 0 Å². The molecule has 1 atom stereocenters. The predicted octanol–water partition coefficient (Wildman–Crippen LogP) is 6.72. The second-order valence-electron chi connectivity index (χ2n) is 6.13. The lowest BCUT2D eigenvalue weighted by molar-refractivity contribution is 1.01. The van der Waals surface area contributed by atoms with Crippen molar-refractivity contribution in [1.82, 2.24) is 0 Å². The molecule has 0 aliphatic carbocycles. The van der Waals surface area contributed by atoms with Crippen molar-refractivity contribution < 1.29 is 0 Å². The van der Waals surface area contributed by atoms with Gasteiger partial charge in [0, 0.05) is 11.0 Å². The van der Waals surface area contributed by atoms with Crippen molar-refractivity contribution in [3.05, 3.63) is 113 Å². The molecule has 1 heteroatoms. The molecule has 24 heavy (non-hydrogen) atoms. The molecule has 3 aromatic rings. The first-order chi connectivity index (χ1) is 11.6. The number of allylic oxidation sites excluding steroid dienone is 1. The number of hydrogen-bond donors (Lipinski definition) is 0. The van der Waals surface area contributed by atoms with Gasteiger partial charge in [0.25, 0.3) is 0 Å². The maximum atomic E-state index is 6.67. The minimum absolute atomic E-state index is 0.140. The molecule has 0 saturated carbocycles. The highest BCUT2D eigenvalue weighted by Crippen LogP contribution is 2.32. The van der Waals surface area contributed by atoms with E-state index in [0.717, 1.165) is 10.6 Å². The highest BCUT2D eigenvalue weighted by molar-refractivity contribution is 6.48. The number of halogens is 1. The molecular formula is C23H21Cl. The topological polar surface area (TPSA) is 0 Å². The smallest absolute Gasteiger partial charge is 0.0448 e. The molecule has 0 radical (unpaired) electrons. The van der Waals surface area contributed by atoms with E-state index in [2.05, 4.69) is 92.7 Å². The Labute approximate surface area is 149 Å². The highest BCUT2D eigenvalue weighted by Gasteiger charge is 2.14. The first kappa shape index (κ1) is 16.5. The van der Waals surface area contributed by atoms with Gasteiger partial charge in [0.2, 0.25) is 0 Å². The Bertz CT molecular complexity index is 829. The van der Waals surface area contributed by atoms with Crippen LogP contribution in [0.4, 0.5) is 0 Å². The van der Waals surface area contributed by atoms with Gasteiger partial charge in [0.15, 0.2) is 0 Å². The van der Waals surface area contributed by atoms with Crippen LogP contribution in [-0.2, 0) is 0 Å². The second kappa shape index (κ2) is 7.51. The van der Waals surface area contributed by atoms with Gasteiger partial charge in [-0.2, -0.15) is 0 Å². The molecule has 0 bridgehead atoms. The summed E-state index contributed by atoms with van der Waals surface area (Å²) >= 11 is 6.67. The molecule has 3 rings (SSSR count). The van der Waals surface area contributed by atoms with E-state index in [0.29, 0.717) is 0 Å².